The average molecular weight is 319 g/mol. The molecule has 3 N–H and O–H groups in total. The van der Waals surface area contributed by atoms with E-state index in [0.717, 1.165) is 5.56 Å². The van der Waals surface area contributed by atoms with Gasteiger partial charge in [0.15, 0.2) is 0 Å². The molecule has 2 unspecified atom stereocenters. The van der Waals surface area contributed by atoms with E-state index in [-0.39, 0.29) is 42.2 Å². The molecule has 0 aliphatic rings. The number of carbonyl (C=O) groups is 1. The molecule has 0 aliphatic heterocycles. The van der Waals surface area contributed by atoms with E-state index in [9.17, 15) is 9.18 Å². The highest BCUT2D eigenvalue weighted by molar-refractivity contribution is 5.85. The molecule has 3 atom stereocenters. The molecule has 1 aromatic carbocycles. The van der Waals surface area contributed by atoms with Gasteiger partial charge in [0.05, 0.1) is 12.1 Å². The lowest BCUT2D eigenvalue weighted by molar-refractivity contribution is -0.124. The van der Waals surface area contributed by atoms with Crippen LogP contribution >= 0.6 is 12.4 Å². The van der Waals surface area contributed by atoms with Gasteiger partial charge in [-0.15, -0.1) is 12.4 Å². The summed E-state index contributed by atoms with van der Waals surface area (Å²) in [5.41, 5.74) is 6.61. The number of benzene rings is 1. The van der Waals surface area contributed by atoms with Crippen molar-refractivity contribution in [2.75, 3.05) is 7.11 Å². The molecule has 0 bridgehead atoms. The Morgan fingerprint density at radius 1 is 1.24 bits per heavy atom. The van der Waals surface area contributed by atoms with Gasteiger partial charge in [0.2, 0.25) is 5.91 Å². The Bertz CT molecular complexity index is 440. The van der Waals surface area contributed by atoms with E-state index in [1.165, 1.54) is 12.1 Å². The smallest absolute Gasteiger partial charge is 0.237 e. The summed E-state index contributed by atoms with van der Waals surface area (Å²) in [4.78, 5) is 11.9. The quantitative estimate of drug-likeness (QED) is 0.846. The number of ether oxygens (including phenoxy) is 1. The van der Waals surface area contributed by atoms with Crippen molar-refractivity contribution >= 4 is 18.3 Å². The molecular weight excluding hydrogens is 295 g/mol. The van der Waals surface area contributed by atoms with Crippen LogP contribution in [-0.4, -0.2) is 25.1 Å². The number of hydrogen-bond donors (Lipinski definition) is 2. The minimum Gasteiger partial charge on any atom is -0.375 e. The molecule has 0 heterocycles. The second-order valence-electron chi connectivity index (χ2n) is 5.27. The van der Waals surface area contributed by atoms with E-state index in [2.05, 4.69) is 5.32 Å². The number of amides is 1. The molecule has 21 heavy (non-hydrogen) atoms. The normalized spacial score (nSPS) is 15.0. The molecule has 0 spiro atoms. The molecule has 0 fully saturated rings. The highest BCUT2D eigenvalue weighted by Gasteiger charge is 2.24. The molecule has 1 amide bonds. The highest BCUT2D eigenvalue weighted by Crippen LogP contribution is 2.21. The second kappa shape index (κ2) is 8.97. The molecule has 0 radical (unpaired) electrons. The number of nitrogens with two attached hydrogens (primary N) is 1. The topological polar surface area (TPSA) is 64.3 Å². The van der Waals surface area contributed by atoms with Crippen LogP contribution in [0.15, 0.2) is 24.3 Å². The van der Waals surface area contributed by atoms with Crippen LogP contribution in [0.4, 0.5) is 4.39 Å². The number of halogens is 2. The van der Waals surface area contributed by atoms with E-state index in [1.54, 1.807) is 19.2 Å². The van der Waals surface area contributed by atoms with E-state index in [4.69, 9.17) is 10.5 Å². The Kier molecular flexibility index (Phi) is 8.47. The maximum Gasteiger partial charge on any atom is 0.237 e. The van der Waals surface area contributed by atoms with Gasteiger partial charge in [0, 0.05) is 7.11 Å². The van der Waals surface area contributed by atoms with Gasteiger partial charge in [0.1, 0.15) is 11.9 Å². The largest absolute Gasteiger partial charge is 0.375 e. The number of methoxy groups -OCH3 is 1. The van der Waals surface area contributed by atoms with Crippen LogP contribution in [0.25, 0.3) is 0 Å². The Labute approximate surface area is 131 Å². The first-order chi connectivity index (χ1) is 9.36. The van der Waals surface area contributed by atoms with Gasteiger partial charge in [-0.3, -0.25) is 4.79 Å². The van der Waals surface area contributed by atoms with Crippen LogP contribution < -0.4 is 11.1 Å². The average Bonchev–Trinajstić information content (AvgIpc) is 2.40. The van der Waals surface area contributed by atoms with E-state index in [1.807, 2.05) is 20.8 Å². The monoisotopic (exact) mass is 318 g/mol. The maximum absolute atomic E-state index is 12.9. The van der Waals surface area contributed by atoms with Gasteiger partial charge in [0.25, 0.3) is 0 Å². The van der Waals surface area contributed by atoms with Gasteiger partial charge in [-0.1, -0.05) is 26.0 Å². The van der Waals surface area contributed by atoms with Crippen molar-refractivity contribution in [1.29, 1.82) is 0 Å². The molecule has 6 heteroatoms. The molecule has 1 aromatic rings. The summed E-state index contributed by atoms with van der Waals surface area (Å²) >= 11 is 0. The highest BCUT2D eigenvalue weighted by atomic mass is 35.5. The van der Waals surface area contributed by atoms with Crippen molar-refractivity contribution in [3.8, 4) is 0 Å². The molecule has 4 nitrogen and oxygen atoms in total. The first kappa shape index (κ1) is 19.8. The summed E-state index contributed by atoms with van der Waals surface area (Å²) in [6.45, 7) is 5.62. The van der Waals surface area contributed by atoms with Crippen molar-refractivity contribution in [3.05, 3.63) is 35.6 Å². The van der Waals surface area contributed by atoms with Crippen LogP contribution in [0.3, 0.4) is 0 Å². The summed E-state index contributed by atoms with van der Waals surface area (Å²) in [5, 5.41) is 2.84. The van der Waals surface area contributed by atoms with Gasteiger partial charge >= 0.3 is 0 Å². The molecule has 1 rings (SSSR count). The first-order valence-electron chi connectivity index (χ1n) is 6.71. The zero-order valence-corrected chi connectivity index (χ0v) is 13.6. The van der Waals surface area contributed by atoms with Crippen LogP contribution in [0.1, 0.15) is 32.4 Å². The lowest BCUT2D eigenvalue weighted by atomic mass is 10.0. The van der Waals surface area contributed by atoms with Crippen LogP contribution in [0.2, 0.25) is 0 Å². The summed E-state index contributed by atoms with van der Waals surface area (Å²) in [5.74, 6) is -0.451. The third-order valence-electron chi connectivity index (χ3n) is 3.30. The zero-order valence-electron chi connectivity index (χ0n) is 12.8. The van der Waals surface area contributed by atoms with Crippen molar-refractivity contribution < 1.29 is 13.9 Å². The molecule has 0 aromatic heterocycles. The fourth-order valence-electron chi connectivity index (χ4n) is 1.98. The Balaban J connectivity index is 0.00000400. The van der Waals surface area contributed by atoms with E-state index < -0.39 is 6.04 Å². The molecular formula is C15H24ClFN2O2. The van der Waals surface area contributed by atoms with Gasteiger partial charge in [-0.05, 0) is 30.5 Å². The minimum atomic E-state index is -0.553. The standard InChI is InChI=1S/C15H23FN2O2.ClH/c1-9(2)13(17)15(19)18-10(3)14(20-4)11-5-7-12(16)8-6-11;/h5-10,13-14H,17H2,1-4H3,(H,18,19);1H/t10?,13-,14?;/m0./s1. The van der Waals surface area contributed by atoms with Crippen LogP contribution in [0, 0.1) is 11.7 Å². The zero-order chi connectivity index (χ0) is 15.3. The Morgan fingerprint density at radius 2 is 1.76 bits per heavy atom. The van der Waals surface area contributed by atoms with Gasteiger partial charge in [-0.25, -0.2) is 4.39 Å². The number of carbonyl (C=O) groups excluding carboxylic acids is 1. The van der Waals surface area contributed by atoms with Gasteiger partial charge < -0.3 is 15.8 Å². The van der Waals surface area contributed by atoms with E-state index in [0.29, 0.717) is 0 Å². The summed E-state index contributed by atoms with van der Waals surface area (Å²) < 4.78 is 18.3. The lowest BCUT2D eigenvalue weighted by Gasteiger charge is -2.26. The Morgan fingerprint density at radius 3 is 2.19 bits per heavy atom. The SMILES string of the molecule is COC(c1ccc(F)cc1)C(C)NC(=O)[C@@H](N)C(C)C.Cl. The Hall–Kier alpha value is -1.17. The maximum atomic E-state index is 12.9. The number of rotatable bonds is 6. The lowest BCUT2D eigenvalue weighted by Crippen LogP contribution is -2.48. The minimum absolute atomic E-state index is 0. The van der Waals surface area contributed by atoms with Crippen molar-refractivity contribution in [2.45, 2.75) is 39.0 Å². The van der Waals surface area contributed by atoms with Crippen molar-refractivity contribution in [3.63, 3.8) is 0 Å². The number of nitrogens with one attached hydrogen (secondary N) is 1. The van der Waals surface area contributed by atoms with Crippen LogP contribution in [0.5, 0.6) is 0 Å². The van der Waals surface area contributed by atoms with Crippen molar-refractivity contribution in [1.82, 2.24) is 5.32 Å². The van der Waals surface area contributed by atoms with Gasteiger partial charge in [-0.2, -0.15) is 0 Å². The predicted molar refractivity (Wildman–Crippen MR) is 83.8 cm³/mol. The third-order valence-corrected chi connectivity index (χ3v) is 3.30. The summed E-state index contributed by atoms with van der Waals surface area (Å²) in [7, 11) is 1.55. The van der Waals surface area contributed by atoms with E-state index >= 15 is 0 Å². The summed E-state index contributed by atoms with van der Waals surface area (Å²) in [6.07, 6.45) is -0.348. The molecule has 0 aliphatic carbocycles. The predicted octanol–water partition coefficient (Wildman–Crippen LogP) is 2.42. The molecule has 120 valence electrons. The molecule has 0 saturated carbocycles. The fourth-order valence-corrected chi connectivity index (χ4v) is 1.98. The van der Waals surface area contributed by atoms with Crippen molar-refractivity contribution in [2.24, 2.45) is 11.7 Å². The fraction of sp³-hybridized carbons (Fsp3) is 0.533. The third kappa shape index (κ3) is 5.61. The second-order valence-corrected chi connectivity index (χ2v) is 5.27. The summed E-state index contributed by atoms with van der Waals surface area (Å²) in [6, 6.07) is 5.22. The first-order valence-corrected chi connectivity index (χ1v) is 6.71. The molecule has 0 saturated heterocycles. The van der Waals surface area contributed by atoms with Crippen LogP contribution in [-0.2, 0) is 9.53 Å². The number of hydrogen-bond acceptors (Lipinski definition) is 3.